The Kier molecular flexibility index (Phi) is 6.39. The molecule has 0 aliphatic heterocycles. The Bertz CT molecular complexity index is 385. The number of nitrogens with one attached hydrogen (secondary N) is 2. The third-order valence-electron chi connectivity index (χ3n) is 2.38. The van der Waals surface area contributed by atoms with Gasteiger partial charge in [-0.15, -0.1) is 6.58 Å². The number of benzene rings is 1. The second-order valence-corrected chi connectivity index (χ2v) is 4.81. The molecule has 1 aromatic carbocycles. The van der Waals surface area contributed by atoms with Gasteiger partial charge in [-0.05, 0) is 37.4 Å². The Morgan fingerprint density at radius 3 is 2.39 bits per heavy atom. The van der Waals surface area contributed by atoms with Crippen LogP contribution in [0.1, 0.15) is 11.1 Å². The maximum atomic E-state index is 5.12. The van der Waals surface area contributed by atoms with Crippen LogP contribution in [0.3, 0.4) is 0 Å². The molecule has 0 aliphatic rings. The van der Waals surface area contributed by atoms with Crippen LogP contribution in [-0.2, 0) is 13.1 Å². The predicted molar refractivity (Wildman–Crippen MR) is 81.5 cm³/mol. The van der Waals surface area contributed by atoms with Crippen molar-refractivity contribution in [3.63, 3.8) is 0 Å². The first-order valence-corrected chi connectivity index (χ1v) is 6.38. The summed E-state index contributed by atoms with van der Waals surface area (Å²) in [5.74, 6) is 0. The Morgan fingerprint density at radius 1 is 1.22 bits per heavy atom. The topological polar surface area (TPSA) is 27.3 Å². The molecule has 1 rings (SSSR count). The van der Waals surface area contributed by atoms with Crippen molar-refractivity contribution < 1.29 is 0 Å². The van der Waals surface area contributed by atoms with E-state index in [1.807, 2.05) is 0 Å². The van der Waals surface area contributed by atoms with Gasteiger partial charge in [0, 0.05) is 19.6 Å². The van der Waals surface area contributed by atoms with Crippen LogP contribution in [0.5, 0.6) is 0 Å². The molecule has 1 aromatic rings. The van der Waals surface area contributed by atoms with Crippen LogP contribution < -0.4 is 10.6 Å². The minimum absolute atomic E-state index is 0.660. The van der Waals surface area contributed by atoms with Crippen molar-refractivity contribution in [3.05, 3.63) is 48.0 Å². The molecule has 0 fully saturated rings. The molecule has 18 heavy (non-hydrogen) atoms. The smallest absolute Gasteiger partial charge is 0.166 e. The second kappa shape index (κ2) is 7.84. The van der Waals surface area contributed by atoms with E-state index in [1.165, 1.54) is 11.1 Å². The minimum atomic E-state index is 0.660. The molecule has 4 heteroatoms. The van der Waals surface area contributed by atoms with Crippen LogP contribution in [0, 0.1) is 0 Å². The monoisotopic (exact) mass is 263 g/mol. The highest BCUT2D eigenvalue weighted by atomic mass is 32.1. The maximum Gasteiger partial charge on any atom is 0.166 e. The van der Waals surface area contributed by atoms with Crippen molar-refractivity contribution in [3.8, 4) is 0 Å². The lowest BCUT2D eigenvalue weighted by Gasteiger charge is -2.11. The van der Waals surface area contributed by atoms with Gasteiger partial charge >= 0.3 is 0 Å². The van der Waals surface area contributed by atoms with Gasteiger partial charge in [-0.3, -0.25) is 0 Å². The van der Waals surface area contributed by atoms with E-state index in [1.54, 1.807) is 6.08 Å². The van der Waals surface area contributed by atoms with Crippen molar-refractivity contribution in [1.82, 2.24) is 15.5 Å². The summed E-state index contributed by atoms with van der Waals surface area (Å²) in [4.78, 5) is 2.15. The molecule has 0 amide bonds. The van der Waals surface area contributed by atoms with Gasteiger partial charge in [-0.25, -0.2) is 0 Å². The molecule has 0 aromatic heterocycles. The van der Waals surface area contributed by atoms with E-state index >= 15 is 0 Å². The fourth-order valence-corrected chi connectivity index (χ4v) is 1.69. The largest absolute Gasteiger partial charge is 0.359 e. The first kappa shape index (κ1) is 14.7. The fourth-order valence-electron chi connectivity index (χ4n) is 1.54. The first-order chi connectivity index (χ1) is 8.61. The van der Waals surface area contributed by atoms with E-state index in [0.717, 1.165) is 13.1 Å². The molecule has 0 unspecified atom stereocenters. The van der Waals surface area contributed by atoms with E-state index in [0.29, 0.717) is 11.7 Å². The lowest BCUT2D eigenvalue weighted by Crippen LogP contribution is -2.34. The number of thiocarbonyl (C=S) groups is 1. The van der Waals surface area contributed by atoms with Crippen LogP contribution in [0.4, 0.5) is 0 Å². The van der Waals surface area contributed by atoms with Gasteiger partial charge in [0.25, 0.3) is 0 Å². The first-order valence-electron chi connectivity index (χ1n) is 5.97. The fraction of sp³-hybridized carbons (Fsp3) is 0.357. The average molecular weight is 263 g/mol. The summed E-state index contributed by atoms with van der Waals surface area (Å²) in [6.45, 7) is 6.02. The van der Waals surface area contributed by atoms with Crippen molar-refractivity contribution >= 4 is 17.3 Å². The normalized spacial score (nSPS) is 10.2. The number of hydrogen-bond donors (Lipinski definition) is 2. The predicted octanol–water partition coefficient (Wildman–Crippen LogP) is 1.90. The van der Waals surface area contributed by atoms with Crippen LogP contribution in [0.15, 0.2) is 36.9 Å². The maximum absolute atomic E-state index is 5.12. The Labute approximate surface area is 115 Å². The quantitative estimate of drug-likeness (QED) is 0.605. The van der Waals surface area contributed by atoms with E-state index in [2.05, 4.69) is 60.5 Å². The van der Waals surface area contributed by atoms with E-state index in [4.69, 9.17) is 12.2 Å². The third-order valence-corrected chi connectivity index (χ3v) is 2.67. The average Bonchev–Trinajstić information content (AvgIpc) is 2.35. The molecule has 98 valence electrons. The van der Waals surface area contributed by atoms with Crippen molar-refractivity contribution in [2.75, 3.05) is 20.6 Å². The molecule has 0 aliphatic carbocycles. The van der Waals surface area contributed by atoms with Crippen LogP contribution in [-0.4, -0.2) is 30.7 Å². The summed E-state index contributed by atoms with van der Waals surface area (Å²) >= 11 is 5.12. The molecule has 3 nitrogen and oxygen atoms in total. The number of nitrogens with zero attached hydrogens (tertiary/aromatic N) is 1. The molecule has 2 N–H and O–H groups in total. The number of rotatable bonds is 6. The SMILES string of the molecule is C=CCNC(=S)NCc1ccc(CN(C)C)cc1. The van der Waals surface area contributed by atoms with Crippen LogP contribution in [0.25, 0.3) is 0 Å². The van der Waals surface area contributed by atoms with Gasteiger partial charge in [0.05, 0.1) is 0 Å². The molecule has 0 heterocycles. The van der Waals surface area contributed by atoms with E-state index in [-0.39, 0.29) is 0 Å². The standard InChI is InChI=1S/C14H21N3S/c1-4-9-15-14(18)16-10-12-5-7-13(8-6-12)11-17(2)3/h4-8H,1,9-11H2,2-3H3,(H2,15,16,18). The molecule has 0 saturated carbocycles. The molecule has 0 atom stereocenters. The minimum Gasteiger partial charge on any atom is -0.359 e. The van der Waals surface area contributed by atoms with Crippen molar-refractivity contribution in [2.24, 2.45) is 0 Å². The highest BCUT2D eigenvalue weighted by Gasteiger charge is 1.98. The second-order valence-electron chi connectivity index (χ2n) is 4.41. The lowest BCUT2D eigenvalue weighted by atomic mass is 10.1. The summed E-state index contributed by atoms with van der Waals surface area (Å²) in [5, 5.41) is 6.85. The summed E-state index contributed by atoms with van der Waals surface area (Å²) < 4.78 is 0. The highest BCUT2D eigenvalue weighted by Crippen LogP contribution is 2.05. The molecule has 0 spiro atoms. The summed E-state index contributed by atoms with van der Waals surface area (Å²) in [7, 11) is 4.14. The highest BCUT2D eigenvalue weighted by molar-refractivity contribution is 7.80. The van der Waals surface area contributed by atoms with Gasteiger partial charge in [0.15, 0.2) is 5.11 Å². The molecule has 0 bridgehead atoms. The third kappa shape index (κ3) is 5.80. The van der Waals surface area contributed by atoms with Gasteiger partial charge < -0.3 is 15.5 Å². The summed E-state index contributed by atoms with van der Waals surface area (Å²) in [6, 6.07) is 8.55. The molecular weight excluding hydrogens is 242 g/mol. The Morgan fingerprint density at radius 2 is 1.83 bits per heavy atom. The summed E-state index contributed by atoms with van der Waals surface area (Å²) in [5.41, 5.74) is 2.54. The summed E-state index contributed by atoms with van der Waals surface area (Å²) in [6.07, 6.45) is 1.78. The van der Waals surface area contributed by atoms with Crippen molar-refractivity contribution in [2.45, 2.75) is 13.1 Å². The zero-order valence-electron chi connectivity index (χ0n) is 11.1. The lowest BCUT2D eigenvalue weighted by molar-refractivity contribution is 0.402. The Balaban J connectivity index is 2.39. The zero-order valence-corrected chi connectivity index (χ0v) is 11.9. The van der Waals surface area contributed by atoms with E-state index in [9.17, 15) is 0 Å². The molecule has 0 radical (unpaired) electrons. The molecular formula is C14H21N3S. The Hall–Kier alpha value is -1.39. The van der Waals surface area contributed by atoms with Crippen molar-refractivity contribution in [1.29, 1.82) is 0 Å². The van der Waals surface area contributed by atoms with Gasteiger partial charge in [-0.1, -0.05) is 30.3 Å². The van der Waals surface area contributed by atoms with Gasteiger partial charge in [0.1, 0.15) is 0 Å². The zero-order chi connectivity index (χ0) is 13.4. The molecule has 0 saturated heterocycles. The van der Waals surface area contributed by atoms with Crippen LogP contribution in [0.2, 0.25) is 0 Å². The van der Waals surface area contributed by atoms with Gasteiger partial charge in [0.2, 0.25) is 0 Å². The van der Waals surface area contributed by atoms with E-state index < -0.39 is 0 Å². The van der Waals surface area contributed by atoms with Gasteiger partial charge in [-0.2, -0.15) is 0 Å². The van der Waals surface area contributed by atoms with Crippen LogP contribution >= 0.6 is 12.2 Å². The number of hydrogen-bond acceptors (Lipinski definition) is 2.